The Balaban J connectivity index is 1.98. The highest BCUT2D eigenvalue weighted by molar-refractivity contribution is 5.95. The van der Waals surface area contributed by atoms with Gasteiger partial charge in [-0.1, -0.05) is 0 Å². The summed E-state index contributed by atoms with van der Waals surface area (Å²) < 4.78 is 80.1. The number of nitrogens with one attached hydrogen (secondary N) is 1. The molecule has 0 bridgehead atoms. The molecule has 0 aliphatic heterocycles. The van der Waals surface area contributed by atoms with Crippen molar-refractivity contribution < 1.29 is 41.0 Å². The highest BCUT2D eigenvalue weighted by atomic mass is 19.4. The Morgan fingerprint density at radius 1 is 1.00 bits per heavy atom. The Labute approximate surface area is 199 Å². The second-order valence-corrected chi connectivity index (χ2v) is 7.78. The molecule has 1 unspecified atom stereocenters. The van der Waals surface area contributed by atoms with Crippen molar-refractivity contribution in [3.8, 4) is 5.82 Å². The average Bonchev–Trinajstić information content (AvgIpc) is 3.23. The van der Waals surface area contributed by atoms with Crippen LogP contribution in [0.2, 0.25) is 0 Å². The molecular weight excluding hydrogens is 498 g/mol. The van der Waals surface area contributed by atoms with Gasteiger partial charge in [0.05, 0.1) is 22.7 Å². The third kappa shape index (κ3) is 5.72. The van der Waals surface area contributed by atoms with Crippen LogP contribution in [0, 0.1) is 0 Å². The van der Waals surface area contributed by atoms with E-state index in [4.69, 9.17) is 5.11 Å². The number of rotatable bonds is 6. The van der Waals surface area contributed by atoms with E-state index in [1.165, 1.54) is 28.6 Å². The van der Waals surface area contributed by atoms with Crippen LogP contribution >= 0.6 is 0 Å². The molecule has 3 aromatic rings. The molecule has 2 heterocycles. The second kappa shape index (κ2) is 9.47. The van der Waals surface area contributed by atoms with Crippen LogP contribution in [0.1, 0.15) is 50.6 Å². The summed E-state index contributed by atoms with van der Waals surface area (Å²) >= 11 is 0. The van der Waals surface area contributed by atoms with E-state index in [9.17, 15) is 35.9 Å². The fourth-order valence-corrected chi connectivity index (χ4v) is 3.02. The van der Waals surface area contributed by atoms with Gasteiger partial charge >= 0.3 is 18.3 Å². The van der Waals surface area contributed by atoms with E-state index < -0.39 is 47.0 Å². The first kappa shape index (κ1) is 26.4. The quantitative estimate of drug-likeness (QED) is 0.477. The number of carboxylic acids is 1. The third-order valence-electron chi connectivity index (χ3n) is 4.82. The standard InChI is InChI=1S/C21H18F6N6O3/c1-10(29-17(34)12-6-13(20(22,23)24)8-14(7-12)21(25,26)27)16-30-19(32(2)3)31-33(16)15-5-4-11(9-28-15)18(35)36/h4-10H,1-3H3,(H,29,34)(H,35,36). The molecule has 0 fully saturated rings. The largest absolute Gasteiger partial charge is 0.478 e. The molecule has 15 heteroatoms. The smallest absolute Gasteiger partial charge is 0.416 e. The van der Waals surface area contributed by atoms with E-state index >= 15 is 0 Å². The molecule has 1 aromatic carbocycles. The zero-order valence-corrected chi connectivity index (χ0v) is 18.8. The topological polar surface area (TPSA) is 113 Å². The van der Waals surface area contributed by atoms with Gasteiger partial charge in [-0.2, -0.15) is 36.0 Å². The number of halogens is 6. The number of alkyl halides is 6. The van der Waals surface area contributed by atoms with Gasteiger partial charge in [-0.3, -0.25) is 4.79 Å². The van der Waals surface area contributed by atoms with E-state index in [1.54, 1.807) is 14.1 Å². The highest BCUT2D eigenvalue weighted by Gasteiger charge is 2.37. The normalized spacial score (nSPS) is 12.8. The van der Waals surface area contributed by atoms with Gasteiger partial charge in [-0.25, -0.2) is 9.78 Å². The van der Waals surface area contributed by atoms with Crippen molar-refractivity contribution >= 4 is 17.8 Å². The first-order chi connectivity index (χ1) is 16.6. The molecule has 9 nitrogen and oxygen atoms in total. The van der Waals surface area contributed by atoms with Gasteiger partial charge in [0, 0.05) is 25.9 Å². The predicted octanol–water partition coefficient (Wildman–Crippen LogP) is 3.96. The summed E-state index contributed by atoms with van der Waals surface area (Å²) in [4.78, 5) is 33.5. The van der Waals surface area contributed by atoms with Gasteiger partial charge < -0.3 is 15.3 Å². The van der Waals surface area contributed by atoms with Crippen molar-refractivity contribution in [2.75, 3.05) is 19.0 Å². The molecule has 0 radical (unpaired) electrons. The van der Waals surface area contributed by atoms with Crippen molar-refractivity contribution in [3.63, 3.8) is 0 Å². The first-order valence-corrected chi connectivity index (χ1v) is 10.0. The summed E-state index contributed by atoms with van der Waals surface area (Å²) in [7, 11) is 3.21. The average molecular weight is 516 g/mol. The molecule has 3 rings (SSSR count). The van der Waals surface area contributed by atoms with Crippen LogP contribution in [0.15, 0.2) is 36.5 Å². The van der Waals surface area contributed by atoms with Gasteiger partial charge in [0.25, 0.3) is 5.91 Å². The fraction of sp³-hybridized carbons (Fsp3) is 0.286. The number of carbonyl (C=O) groups is 2. The van der Waals surface area contributed by atoms with E-state index in [2.05, 4.69) is 20.4 Å². The number of carbonyl (C=O) groups excluding carboxylic acids is 1. The van der Waals surface area contributed by atoms with Gasteiger partial charge in [-0.05, 0) is 37.3 Å². The Bertz CT molecular complexity index is 1250. The Morgan fingerprint density at radius 3 is 2.03 bits per heavy atom. The molecule has 36 heavy (non-hydrogen) atoms. The number of hydrogen-bond acceptors (Lipinski definition) is 6. The van der Waals surface area contributed by atoms with Crippen LogP contribution in [-0.2, 0) is 12.4 Å². The second-order valence-electron chi connectivity index (χ2n) is 7.78. The van der Waals surface area contributed by atoms with Crippen LogP contribution in [0.3, 0.4) is 0 Å². The molecule has 2 aromatic heterocycles. The van der Waals surface area contributed by atoms with Crippen molar-refractivity contribution in [3.05, 3.63) is 64.6 Å². The molecular formula is C21H18F6N6O3. The number of hydrogen-bond donors (Lipinski definition) is 2. The number of aromatic nitrogens is 4. The predicted molar refractivity (Wildman–Crippen MR) is 113 cm³/mol. The zero-order valence-electron chi connectivity index (χ0n) is 18.8. The van der Waals surface area contributed by atoms with Crippen molar-refractivity contribution in [1.29, 1.82) is 0 Å². The van der Waals surface area contributed by atoms with Crippen LogP contribution in [0.5, 0.6) is 0 Å². The maximum atomic E-state index is 13.2. The van der Waals surface area contributed by atoms with Crippen LogP contribution in [0.25, 0.3) is 5.82 Å². The number of carboxylic acid groups (broad SMARTS) is 1. The molecule has 0 aliphatic carbocycles. The molecule has 1 atom stereocenters. The molecule has 192 valence electrons. The van der Waals surface area contributed by atoms with Crippen LogP contribution in [0.4, 0.5) is 32.3 Å². The highest BCUT2D eigenvalue weighted by Crippen LogP contribution is 2.36. The minimum absolute atomic E-state index is 0.0330. The maximum absolute atomic E-state index is 13.2. The number of pyridine rings is 1. The summed E-state index contributed by atoms with van der Waals surface area (Å²) in [5.41, 5.74) is -4.22. The molecule has 1 amide bonds. The summed E-state index contributed by atoms with van der Waals surface area (Å²) in [6.07, 6.45) is -9.17. The number of amides is 1. The number of benzene rings is 1. The van der Waals surface area contributed by atoms with Gasteiger partial charge in [0.15, 0.2) is 11.6 Å². The van der Waals surface area contributed by atoms with Gasteiger partial charge in [0.2, 0.25) is 5.95 Å². The molecule has 0 saturated heterocycles. The van der Waals surface area contributed by atoms with E-state index in [1.807, 2.05) is 0 Å². The number of nitrogens with zero attached hydrogens (tertiary/aromatic N) is 5. The molecule has 0 saturated carbocycles. The lowest BCUT2D eigenvalue weighted by Crippen LogP contribution is -2.29. The Hall–Kier alpha value is -4.17. The Kier molecular flexibility index (Phi) is 6.95. The molecule has 0 spiro atoms. The van der Waals surface area contributed by atoms with E-state index in [0.29, 0.717) is 12.1 Å². The SMILES string of the molecule is CC(NC(=O)c1cc(C(F)(F)F)cc(C(F)(F)F)c1)c1nc(N(C)C)nn1-c1ccc(C(=O)O)cn1. The van der Waals surface area contributed by atoms with Crippen LogP contribution in [-0.4, -0.2) is 50.8 Å². The lowest BCUT2D eigenvalue weighted by molar-refractivity contribution is -0.143. The lowest BCUT2D eigenvalue weighted by atomic mass is 10.0. The summed E-state index contributed by atoms with van der Waals surface area (Å²) in [6.45, 7) is 1.39. The third-order valence-corrected chi connectivity index (χ3v) is 4.82. The summed E-state index contributed by atoms with van der Waals surface area (Å²) in [6, 6.07) is 2.06. The van der Waals surface area contributed by atoms with Crippen LogP contribution < -0.4 is 10.2 Å². The summed E-state index contributed by atoms with van der Waals surface area (Å²) in [5.74, 6) is -2.15. The minimum atomic E-state index is -5.11. The minimum Gasteiger partial charge on any atom is -0.478 e. The van der Waals surface area contributed by atoms with Crippen molar-refractivity contribution in [2.24, 2.45) is 0 Å². The molecule has 0 aliphatic rings. The van der Waals surface area contributed by atoms with Crippen molar-refractivity contribution in [1.82, 2.24) is 25.1 Å². The Morgan fingerprint density at radius 2 is 1.58 bits per heavy atom. The van der Waals surface area contributed by atoms with Gasteiger partial charge in [-0.15, -0.1) is 5.10 Å². The zero-order chi connectivity index (χ0) is 27.0. The van der Waals surface area contributed by atoms with E-state index in [-0.39, 0.29) is 29.2 Å². The van der Waals surface area contributed by atoms with Gasteiger partial charge in [0.1, 0.15) is 0 Å². The summed E-state index contributed by atoms with van der Waals surface area (Å²) in [5, 5.41) is 15.6. The maximum Gasteiger partial charge on any atom is 0.416 e. The lowest BCUT2D eigenvalue weighted by Gasteiger charge is -2.17. The molecule has 2 N–H and O–H groups in total. The monoisotopic (exact) mass is 516 g/mol. The van der Waals surface area contributed by atoms with E-state index in [0.717, 1.165) is 6.20 Å². The number of aromatic carboxylic acids is 1. The number of anilines is 1. The van der Waals surface area contributed by atoms with Crippen molar-refractivity contribution in [2.45, 2.75) is 25.3 Å². The fourth-order valence-electron chi connectivity index (χ4n) is 3.02. The first-order valence-electron chi connectivity index (χ1n) is 10.0.